The highest BCUT2D eigenvalue weighted by molar-refractivity contribution is 5.98. The van der Waals surface area contributed by atoms with Crippen LogP contribution in [-0.4, -0.2) is 17.0 Å². The Balaban J connectivity index is 2.61. The molecule has 1 heterocycles. The Morgan fingerprint density at radius 2 is 2.17 bits per heavy atom. The van der Waals surface area contributed by atoms with Crippen molar-refractivity contribution < 1.29 is 14.6 Å². The number of allylic oxidation sites excluding steroid dienone is 1. The third kappa shape index (κ3) is 1.60. The van der Waals surface area contributed by atoms with E-state index in [2.05, 4.69) is 0 Å². The van der Waals surface area contributed by atoms with E-state index < -0.39 is 6.10 Å². The van der Waals surface area contributed by atoms with Gasteiger partial charge in [-0.05, 0) is 19.3 Å². The van der Waals surface area contributed by atoms with Crippen molar-refractivity contribution in [2.45, 2.75) is 33.3 Å². The summed E-state index contributed by atoms with van der Waals surface area (Å²) in [6, 6.07) is 0. The lowest BCUT2D eigenvalue weighted by atomic mass is 10.0. The summed E-state index contributed by atoms with van der Waals surface area (Å²) in [5.41, 5.74) is 0. The second-order valence-corrected chi connectivity index (χ2v) is 3.51. The minimum Gasteiger partial charge on any atom is -0.502 e. The molecule has 0 aromatic heterocycles. The van der Waals surface area contributed by atoms with Gasteiger partial charge >= 0.3 is 0 Å². The van der Waals surface area contributed by atoms with Crippen molar-refractivity contribution in [1.29, 1.82) is 0 Å². The number of carbonyl (C=O) groups excluding carboxylic acids is 1. The molecule has 1 aliphatic heterocycles. The first-order valence-corrected chi connectivity index (χ1v) is 4.13. The molecule has 1 atom stereocenters. The molecule has 0 aliphatic carbocycles. The standard InChI is InChI=1S/C9H14O3/c1-5(2)4-7-9(11)8(10)6(3)12-7/h5,7,10H,4H2,1-3H3. The van der Waals surface area contributed by atoms with Crippen LogP contribution in [0.1, 0.15) is 27.2 Å². The largest absolute Gasteiger partial charge is 0.502 e. The SMILES string of the molecule is CC1=C(O)C(=O)C(CC(C)C)O1. The molecule has 1 unspecified atom stereocenters. The maximum Gasteiger partial charge on any atom is 0.240 e. The van der Waals surface area contributed by atoms with Crippen molar-refractivity contribution >= 4 is 5.78 Å². The lowest BCUT2D eigenvalue weighted by Crippen LogP contribution is -2.20. The van der Waals surface area contributed by atoms with Crippen molar-refractivity contribution in [2.24, 2.45) is 5.92 Å². The predicted octanol–water partition coefficient (Wildman–Crippen LogP) is 1.79. The molecule has 0 bridgehead atoms. The Kier molecular flexibility index (Phi) is 2.40. The van der Waals surface area contributed by atoms with Crippen LogP contribution in [0.15, 0.2) is 11.5 Å². The quantitative estimate of drug-likeness (QED) is 0.687. The van der Waals surface area contributed by atoms with Gasteiger partial charge in [-0.3, -0.25) is 4.79 Å². The fourth-order valence-electron chi connectivity index (χ4n) is 1.23. The summed E-state index contributed by atoms with van der Waals surface area (Å²) in [6.07, 6.45) is 0.213. The second-order valence-electron chi connectivity index (χ2n) is 3.51. The molecule has 0 saturated carbocycles. The molecular weight excluding hydrogens is 156 g/mol. The number of Topliss-reactive ketones (excluding diaryl/α,β-unsaturated/α-hetero) is 1. The van der Waals surface area contributed by atoms with Gasteiger partial charge in [0, 0.05) is 0 Å². The zero-order chi connectivity index (χ0) is 9.30. The first-order valence-electron chi connectivity index (χ1n) is 4.13. The molecule has 1 aliphatic rings. The number of hydrogen-bond acceptors (Lipinski definition) is 3. The Hall–Kier alpha value is -0.990. The van der Waals surface area contributed by atoms with Gasteiger partial charge in [-0.2, -0.15) is 0 Å². The normalized spacial score (nSPS) is 23.7. The maximum absolute atomic E-state index is 11.2. The Morgan fingerprint density at radius 1 is 1.58 bits per heavy atom. The first-order chi connectivity index (χ1) is 5.52. The number of ketones is 1. The zero-order valence-corrected chi connectivity index (χ0v) is 7.63. The van der Waals surface area contributed by atoms with E-state index in [0.717, 1.165) is 0 Å². The summed E-state index contributed by atoms with van der Waals surface area (Å²) >= 11 is 0. The van der Waals surface area contributed by atoms with Gasteiger partial charge in [0.05, 0.1) is 0 Å². The molecule has 0 fully saturated rings. The number of carbonyl (C=O) groups is 1. The van der Waals surface area contributed by atoms with E-state index in [4.69, 9.17) is 9.84 Å². The summed E-state index contributed by atoms with van der Waals surface area (Å²) < 4.78 is 5.18. The molecular formula is C9H14O3. The van der Waals surface area contributed by atoms with Crippen molar-refractivity contribution in [3.05, 3.63) is 11.5 Å². The third-order valence-electron chi connectivity index (χ3n) is 1.86. The van der Waals surface area contributed by atoms with Crippen LogP contribution in [0.25, 0.3) is 0 Å². The van der Waals surface area contributed by atoms with Crippen molar-refractivity contribution in [1.82, 2.24) is 0 Å². The van der Waals surface area contributed by atoms with E-state index in [0.29, 0.717) is 18.1 Å². The highest BCUT2D eigenvalue weighted by atomic mass is 16.5. The lowest BCUT2D eigenvalue weighted by Gasteiger charge is -2.11. The van der Waals surface area contributed by atoms with Gasteiger partial charge in [0.2, 0.25) is 11.5 Å². The molecule has 0 aromatic rings. The molecule has 68 valence electrons. The Labute approximate surface area is 72.0 Å². The van der Waals surface area contributed by atoms with Crippen LogP contribution >= 0.6 is 0 Å². The molecule has 0 saturated heterocycles. The van der Waals surface area contributed by atoms with Crippen LogP contribution in [0, 0.1) is 5.92 Å². The summed E-state index contributed by atoms with van der Waals surface area (Å²) in [5, 5.41) is 9.15. The smallest absolute Gasteiger partial charge is 0.240 e. The minimum atomic E-state index is -0.454. The molecule has 0 aromatic carbocycles. The molecule has 0 radical (unpaired) electrons. The summed E-state index contributed by atoms with van der Waals surface area (Å²) in [5.74, 6) is 0.269. The number of ether oxygens (including phenoxy) is 1. The first kappa shape index (κ1) is 9.10. The van der Waals surface area contributed by atoms with Gasteiger partial charge in [0.15, 0.2) is 6.10 Å². The fourth-order valence-corrected chi connectivity index (χ4v) is 1.23. The van der Waals surface area contributed by atoms with Gasteiger partial charge in [-0.15, -0.1) is 0 Å². The fraction of sp³-hybridized carbons (Fsp3) is 0.667. The number of aliphatic hydroxyl groups excluding tert-OH is 1. The van der Waals surface area contributed by atoms with Crippen molar-refractivity contribution in [2.75, 3.05) is 0 Å². The highest BCUT2D eigenvalue weighted by Gasteiger charge is 2.33. The van der Waals surface area contributed by atoms with Crippen molar-refractivity contribution in [3.63, 3.8) is 0 Å². The van der Waals surface area contributed by atoms with E-state index in [-0.39, 0.29) is 11.5 Å². The van der Waals surface area contributed by atoms with Crippen LogP contribution in [0.2, 0.25) is 0 Å². The van der Waals surface area contributed by atoms with Crippen molar-refractivity contribution in [3.8, 4) is 0 Å². The van der Waals surface area contributed by atoms with Gasteiger partial charge in [0.25, 0.3) is 0 Å². The summed E-state index contributed by atoms with van der Waals surface area (Å²) in [6.45, 7) is 5.64. The van der Waals surface area contributed by atoms with Gasteiger partial charge in [-0.25, -0.2) is 0 Å². The van der Waals surface area contributed by atoms with E-state index in [1.165, 1.54) is 0 Å². The van der Waals surface area contributed by atoms with E-state index in [1.807, 2.05) is 13.8 Å². The van der Waals surface area contributed by atoms with E-state index in [1.54, 1.807) is 6.92 Å². The molecule has 12 heavy (non-hydrogen) atoms. The lowest BCUT2D eigenvalue weighted by molar-refractivity contribution is -0.123. The van der Waals surface area contributed by atoms with Gasteiger partial charge in [-0.1, -0.05) is 13.8 Å². The average molecular weight is 170 g/mol. The van der Waals surface area contributed by atoms with Gasteiger partial charge in [0.1, 0.15) is 5.76 Å². The van der Waals surface area contributed by atoms with Crippen LogP contribution in [0.3, 0.4) is 0 Å². The van der Waals surface area contributed by atoms with Crippen LogP contribution in [-0.2, 0) is 9.53 Å². The zero-order valence-electron chi connectivity index (χ0n) is 7.63. The number of hydrogen-bond donors (Lipinski definition) is 1. The number of aliphatic hydroxyl groups is 1. The Bertz CT molecular complexity index is 228. The topological polar surface area (TPSA) is 46.5 Å². The van der Waals surface area contributed by atoms with E-state index in [9.17, 15) is 4.79 Å². The summed E-state index contributed by atoms with van der Waals surface area (Å²) in [7, 11) is 0. The molecule has 0 amide bonds. The number of rotatable bonds is 2. The van der Waals surface area contributed by atoms with E-state index >= 15 is 0 Å². The average Bonchev–Trinajstić information content (AvgIpc) is 2.17. The summed E-state index contributed by atoms with van der Waals surface area (Å²) in [4.78, 5) is 11.2. The molecule has 1 rings (SSSR count). The minimum absolute atomic E-state index is 0.208. The predicted molar refractivity (Wildman–Crippen MR) is 44.7 cm³/mol. The molecule has 1 N–H and O–H groups in total. The Morgan fingerprint density at radius 3 is 2.50 bits per heavy atom. The maximum atomic E-state index is 11.2. The monoisotopic (exact) mass is 170 g/mol. The third-order valence-corrected chi connectivity index (χ3v) is 1.86. The van der Waals surface area contributed by atoms with Crippen LogP contribution in [0.5, 0.6) is 0 Å². The highest BCUT2D eigenvalue weighted by Crippen LogP contribution is 2.23. The molecule has 3 nitrogen and oxygen atoms in total. The molecule has 3 heteroatoms. The van der Waals surface area contributed by atoms with Gasteiger partial charge < -0.3 is 9.84 Å². The van der Waals surface area contributed by atoms with Crippen LogP contribution < -0.4 is 0 Å². The van der Waals surface area contributed by atoms with Crippen LogP contribution in [0.4, 0.5) is 0 Å². The second kappa shape index (κ2) is 3.17. The molecule has 0 spiro atoms.